The van der Waals surface area contributed by atoms with Crippen LogP contribution in [0.2, 0.25) is 0 Å². The molecule has 0 aliphatic carbocycles. The predicted octanol–water partition coefficient (Wildman–Crippen LogP) is 1.58. The molecule has 0 atom stereocenters. The normalized spacial score (nSPS) is 9.56. The second-order valence-electron chi connectivity index (χ2n) is 3.18. The molecule has 0 aliphatic heterocycles. The molecule has 3 N–H and O–H groups in total. The van der Waals surface area contributed by atoms with Gasteiger partial charge in [-0.25, -0.2) is 0 Å². The second kappa shape index (κ2) is 5.80. The summed E-state index contributed by atoms with van der Waals surface area (Å²) in [6, 6.07) is 4.96. The zero-order valence-corrected chi connectivity index (χ0v) is 9.32. The van der Waals surface area contributed by atoms with Gasteiger partial charge in [-0.2, -0.15) is 0 Å². The fraction of sp³-hybridized carbons (Fsp3) is 0.250. The van der Waals surface area contributed by atoms with Crippen LogP contribution < -0.4 is 15.8 Å². The third kappa shape index (κ3) is 3.02. The zero-order valence-electron chi connectivity index (χ0n) is 9.32. The topological polar surface area (TPSA) is 64.4 Å². The summed E-state index contributed by atoms with van der Waals surface area (Å²) < 4.78 is 5.31. The van der Waals surface area contributed by atoms with Crippen LogP contribution in [0.25, 0.3) is 0 Å². The van der Waals surface area contributed by atoms with Gasteiger partial charge in [-0.15, -0.1) is 6.58 Å². The van der Waals surface area contributed by atoms with Gasteiger partial charge in [0.25, 0.3) is 5.91 Å². The van der Waals surface area contributed by atoms with E-state index in [0.717, 1.165) is 0 Å². The largest absolute Gasteiger partial charge is 0.492 e. The van der Waals surface area contributed by atoms with E-state index < -0.39 is 0 Å². The van der Waals surface area contributed by atoms with Crippen LogP contribution in [0, 0.1) is 0 Å². The van der Waals surface area contributed by atoms with Crippen molar-refractivity contribution in [3.63, 3.8) is 0 Å². The van der Waals surface area contributed by atoms with Crippen LogP contribution in [0.5, 0.6) is 5.75 Å². The lowest BCUT2D eigenvalue weighted by atomic mass is 10.2. The van der Waals surface area contributed by atoms with Gasteiger partial charge >= 0.3 is 0 Å². The monoisotopic (exact) mass is 220 g/mol. The van der Waals surface area contributed by atoms with Gasteiger partial charge in [-0.05, 0) is 25.1 Å². The number of carbonyl (C=O) groups is 1. The summed E-state index contributed by atoms with van der Waals surface area (Å²) in [5.41, 5.74) is 6.76. The standard InChI is InChI=1S/C12H16N2O2/c1-3-7-14-12(15)9-5-6-10(13)11(8-9)16-4-2/h3,5-6,8H,1,4,7,13H2,2H3,(H,14,15). The molecule has 0 aromatic heterocycles. The zero-order chi connectivity index (χ0) is 12.0. The number of nitrogens with two attached hydrogens (primary N) is 1. The number of hydrogen-bond donors (Lipinski definition) is 2. The average molecular weight is 220 g/mol. The third-order valence-corrected chi connectivity index (χ3v) is 1.98. The highest BCUT2D eigenvalue weighted by Gasteiger charge is 2.07. The first-order valence-corrected chi connectivity index (χ1v) is 5.10. The van der Waals surface area contributed by atoms with Crippen molar-refractivity contribution in [2.24, 2.45) is 0 Å². The number of nitrogens with one attached hydrogen (secondary N) is 1. The van der Waals surface area contributed by atoms with Crippen LogP contribution >= 0.6 is 0 Å². The van der Waals surface area contributed by atoms with E-state index in [9.17, 15) is 4.79 Å². The van der Waals surface area contributed by atoms with Crippen molar-refractivity contribution in [2.45, 2.75) is 6.92 Å². The van der Waals surface area contributed by atoms with Crippen LogP contribution in [0.1, 0.15) is 17.3 Å². The first-order valence-electron chi connectivity index (χ1n) is 5.10. The Hall–Kier alpha value is -1.97. The Morgan fingerprint density at radius 1 is 1.62 bits per heavy atom. The van der Waals surface area contributed by atoms with E-state index in [1.165, 1.54) is 0 Å². The fourth-order valence-electron chi connectivity index (χ4n) is 1.22. The van der Waals surface area contributed by atoms with Gasteiger partial charge in [0.15, 0.2) is 0 Å². The Kier molecular flexibility index (Phi) is 4.39. The van der Waals surface area contributed by atoms with Crippen LogP contribution in [-0.4, -0.2) is 19.1 Å². The third-order valence-electron chi connectivity index (χ3n) is 1.98. The van der Waals surface area contributed by atoms with Gasteiger partial charge < -0.3 is 15.8 Å². The van der Waals surface area contributed by atoms with Crippen molar-refractivity contribution < 1.29 is 9.53 Å². The summed E-state index contributed by atoms with van der Waals surface area (Å²) in [6.45, 7) is 6.35. The maximum atomic E-state index is 11.6. The van der Waals surface area contributed by atoms with Crippen molar-refractivity contribution in [3.8, 4) is 5.75 Å². The number of nitrogen functional groups attached to an aromatic ring is 1. The first-order chi connectivity index (χ1) is 7.69. The molecule has 0 spiro atoms. The maximum absolute atomic E-state index is 11.6. The van der Waals surface area contributed by atoms with Crippen molar-refractivity contribution in [1.82, 2.24) is 5.32 Å². The number of carbonyl (C=O) groups excluding carboxylic acids is 1. The minimum Gasteiger partial charge on any atom is -0.492 e. The second-order valence-corrected chi connectivity index (χ2v) is 3.18. The highest BCUT2D eigenvalue weighted by Crippen LogP contribution is 2.22. The highest BCUT2D eigenvalue weighted by atomic mass is 16.5. The Balaban J connectivity index is 2.84. The molecule has 1 aromatic carbocycles. The van der Waals surface area contributed by atoms with Crippen molar-refractivity contribution in [3.05, 3.63) is 36.4 Å². The Labute approximate surface area is 95.1 Å². The number of ether oxygens (including phenoxy) is 1. The van der Waals surface area contributed by atoms with Gasteiger partial charge in [0, 0.05) is 12.1 Å². The van der Waals surface area contributed by atoms with Gasteiger partial charge in [-0.1, -0.05) is 6.08 Å². The predicted molar refractivity (Wildman–Crippen MR) is 64.6 cm³/mol. The number of benzene rings is 1. The molecule has 86 valence electrons. The molecule has 0 saturated heterocycles. The molecule has 0 saturated carbocycles. The van der Waals surface area contributed by atoms with Crippen LogP contribution in [0.3, 0.4) is 0 Å². The molecule has 0 bridgehead atoms. The molecule has 0 heterocycles. The van der Waals surface area contributed by atoms with E-state index in [1.807, 2.05) is 6.92 Å². The maximum Gasteiger partial charge on any atom is 0.251 e. The lowest BCUT2D eigenvalue weighted by Gasteiger charge is -2.08. The van der Waals surface area contributed by atoms with Crippen LogP contribution in [-0.2, 0) is 0 Å². The van der Waals surface area contributed by atoms with E-state index in [4.69, 9.17) is 10.5 Å². The van der Waals surface area contributed by atoms with Crippen molar-refractivity contribution >= 4 is 11.6 Å². The van der Waals surface area contributed by atoms with Gasteiger partial charge in [0.05, 0.1) is 12.3 Å². The Morgan fingerprint density at radius 3 is 3.00 bits per heavy atom. The van der Waals surface area contributed by atoms with Crippen LogP contribution in [0.15, 0.2) is 30.9 Å². The minimum atomic E-state index is -0.166. The lowest BCUT2D eigenvalue weighted by Crippen LogP contribution is -2.23. The first kappa shape index (κ1) is 12.1. The van der Waals surface area contributed by atoms with E-state index in [0.29, 0.717) is 30.2 Å². The molecular weight excluding hydrogens is 204 g/mol. The van der Waals surface area contributed by atoms with E-state index in [2.05, 4.69) is 11.9 Å². The summed E-state index contributed by atoms with van der Waals surface area (Å²) in [6.07, 6.45) is 1.62. The van der Waals surface area contributed by atoms with E-state index >= 15 is 0 Å². The van der Waals surface area contributed by atoms with E-state index in [1.54, 1.807) is 24.3 Å². The van der Waals surface area contributed by atoms with Gasteiger partial charge in [-0.3, -0.25) is 4.79 Å². The summed E-state index contributed by atoms with van der Waals surface area (Å²) in [7, 11) is 0. The molecule has 1 amide bonds. The SMILES string of the molecule is C=CCNC(=O)c1ccc(N)c(OCC)c1. The van der Waals surface area contributed by atoms with Crippen molar-refractivity contribution in [2.75, 3.05) is 18.9 Å². The van der Waals surface area contributed by atoms with Crippen molar-refractivity contribution in [1.29, 1.82) is 0 Å². The smallest absolute Gasteiger partial charge is 0.251 e. The molecule has 4 nitrogen and oxygen atoms in total. The molecule has 0 unspecified atom stereocenters. The summed E-state index contributed by atoms with van der Waals surface area (Å²) in [4.78, 5) is 11.6. The number of amides is 1. The lowest BCUT2D eigenvalue weighted by molar-refractivity contribution is 0.0957. The molecular formula is C12H16N2O2. The summed E-state index contributed by atoms with van der Waals surface area (Å²) in [5.74, 6) is 0.370. The molecule has 0 radical (unpaired) electrons. The molecule has 16 heavy (non-hydrogen) atoms. The van der Waals surface area contributed by atoms with Crippen LogP contribution in [0.4, 0.5) is 5.69 Å². The van der Waals surface area contributed by atoms with E-state index in [-0.39, 0.29) is 5.91 Å². The molecule has 1 aromatic rings. The summed E-state index contributed by atoms with van der Waals surface area (Å²) in [5, 5.41) is 2.68. The summed E-state index contributed by atoms with van der Waals surface area (Å²) >= 11 is 0. The Morgan fingerprint density at radius 2 is 2.38 bits per heavy atom. The molecule has 0 fully saturated rings. The minimum absolute atomic E-state index is 0.166. The fourth-order valence-corrected chi connectivity index (χ4v) is 1.22. The number of anilines is 1. The molecule has 4 heteroatoms. The molecule has 0 aliphatic rings. The highest BCUT2D eigenvalue weighted by molar-refractivity contribution is 5.95. The number of hydrogen-bond acceptors (Lipinski definition) is 3. The number of rotatable bonds is 5. The quantitative estimate of drug-likeness (QED) is 0.585. The molecule has 1 rings (SSSR count). The van der Waals surface area contributed by atoms with Gasteiger partial charge in [0.1, 0.15) is 5.75 Å². The Bertz CT molecular complexity index is 389. The van der Waals surface area contributed by atoms with Gasteiger partial charge in [0.2, 0.25) is 0 Å². The average Bonchev–Trinajstić information content (AvgIpc) is 2.29.